The van der Waals surface area contributed by atoms with Gasteiger partial charge in [-0.2, -0.15) is 0 Å². The summed E-state index contributed by atoms with van der Waals surface area (Å²) in [5.41, 5.74) is 0.740. The number of hydrogen-bond acceptors (Lipinski definition) is 5. The summed E-state index contributed by atoms with van der Waals surface area (Å²) in [4.78, 5) is 17.7. The molecule has 0 saturated carbocycles. The highest BCUT2D eigenvalue weighted by Crippen LogP contribution is 2.36. The Morgan fingerprint density at radius 1 is 1.22 bits per heavy atom. The van der Waals surface area contributed by atoms with Crippen LogP contribution in [0.15, 0.2) is 35.5 Å². The van der Waals surface area contributed by atoms with E-state index in [1.54, 1.807) is 6.07 Å². The number of carbonyl (C=O) groups excluding carboxylic acids is 1. The van der Waals surface area contributed by atoms with Crippen molar-refractivity contribution in [2.75, 3.05) is 19.5 Å². The SMILES string of the molecule is COc1cc(NC(=O)[C@@H]2CC(c3c(F)cccc3Cl)=NO2)c(OC)cc1Cl. The third-order valence-electron chi connectivity index (χ3n) is 3.94. The van der Waals surface area contributed by atoms with Gasteiger partial charge in [-0.25, -0.2) is 4.39 Å². The Morgan fingerprint density at radius 3 is 2.63 bits per heavy atom. The van der Waals surface area contributed by atoms with E-state index < -0.39 is 17.8 Å². The number of anilines is 1. The first-order valence-electron chi connectivity index (χ1n) is 7.84. The first kappa shape index (κ1) is 19.3. The van der Waals surface area contributed by atoms with E-state index in [1.807, 2.05) is 0 Å². The fourth-order valence-corrected chi connectivity index (χ4v) is 3.11. The predicted octanol–water partition coefficient (Wildman–Crippen LogP) is 4.28. The molecule has 142 valence electrons. The first-order valence-corrected chi connectivity index (χ1v) is 8.59. The van der Waals surface area contributed by atoms with Crippen LogP contribution in [0.2, 0.25) is 10.0 Å². The topological polar surface area (TPSA) is 69.2 Å². The second-order valence-corrected chi connectivity index (χ2v) is 6.42. The number of nitrogens with zero attached hydrogens (tertiary/aromatic N) is 1. The average Bonchev–Trinajstić information content (AvgIpc) is 3.12. The predicted molar refractivity (Wildman–Crippen MR) is 101 cm³/mol. The quantitative estimate of drug-likeness (QED) is 0.795. The molecule has 1 aliphatic heterocycles. The smallest absolute Gasteiger partial charge is 0.268 e. The number of benzene rings is 2. The van der Waals surface area contributed by atoms with Gasteiger partial charge in [0.1, 0.15) is 17.3 Å². The van der Waals surface area contributed by atoms with Gasteiger partial charge in [0, 0.05) is 18.6 Å². The van der Waals surface area contributed by atoms with Crippen molar-refractivity contribution in [3.05, 3.63) is 51.8 Å². The molecule has 6 nitrogen and oxygen atoms in total. The monoisotopic (exact) mass is 412 g/mol. The van der Waals surface area contributed by atoms with Gasteiger partial charge in [0.2, 0.25) is 6.10 Å². The fourth-order valence-electron chi connectivity index (χ4n) is 2.61. The minimum atomic E-state index is -0.943. The van der Waals surface area contributed by atoms with Crippen LogP contribution in [0.3, 0.4) is 0 Å². The van der Waals surface area contributed by atoms with Crippen molar-refractivity contribution in [2.45, 2.75) is 12.5 Å². The number of halogens is 3. The molecule has 0 saturated heterocycles. The number of oxime groups is 1. The second kappa shape index (κ2) is 8.02. The Bertz CT molecular complexity index is 900. The number of rotatable bonds is 5. The Morgan fingerprint density at radius 2 is 1.96 bits per heavy atom. The lowest BCUT2D eigenvalue weighted by molar-refractivity contribution is -0.125. The summed E-state index contributed by atoms with van der Waals surface area (Å²) in [7, 11) is 2.90. The standard InChI is InChI=1S/C18H15Cl2FN2O4/c1-25-14-7-12(15(26-2)6-10(14)20)22-18(24)16-8-13(23-27-16)17-9(19)4-3-5-11(17)21/h3-7,16H,8H2,1-2H3,(H,22,24)/t16-/m0/s1. The molecular weight excluding hydrogens is 398 g/mol. The van der Waals surface area contributed by atoms with Crippen molar-refractivity contribution >= 4 is 40.5 Å². The van der Waals surface area contributed by atoms with Crippen LogP contribution in [-0.4, -0.2) is 31.9 Å². The summed E-state index contributed by atoms with van der Waals surface area (Å²) < 4.78 is 24.4. The summed E-state index contributed by atoms with van der Waals surface area (Å²) in [6, 6.07) is 7.35. The molecule has 0 radical (unpaired) electrons. The van der Waals surface area contributed by atoms with Crippen molar-refractivity contribution in [1.29, 1.82) is 0 Å². The summed E-state index contributed by atoms with van der Waals surface area (Å²) in [6.07, 6.45) is -0.874. The average molecular weight is 413 g/mol. The molecule has 3 rings (SSSR count). The van der Waals surface area contributed by atoms with Crippen molar-refractivity contribution in [2.24, 2.45) is 5.16 Å². The van der Waals surface area contributed by atoms with Crippen LogP contribution < -0.4 is 14.8 Å². The summed E-state index contributed by atoms with van der Waals surface area (Å²) in [6.45, 7) is 0. The lowest BCUT2D eigenvalue weighted by Gasteiger charge is -2.14. The van der Waals surface area contributed by atoms with E-state index in [4.69, 9.17) is 37.5 Å². The van der Waals surface area contributed by atoms with E-state index >= 15 is 0 Å². The third-order valence-corrected chi connectivity index (χ3v) is 4.55. The molecule has 0 fully saturated rings. The number of methoxy groups -OCH3 is 2. The lowest BCUT2D eigenvalue weighted by Crippen LogP contribution is -2.28. The molecule has 1 atom stereocenters. The molecule has 27 heavy (non-hydrogen) atoms. The largest absolute Gasteiger partial charge is 0.495 e. The van der Waals surface area contributed by atoms with Crippen molar-refractivity contribution in [1.82, 2.24) is 0 Å². The zero-order valence-electron chi connectivity index (χ0n) is 14.4. The minimum absolute atomic E-state index is 0.0690. The van der Waals surface area contributed by atoms with Gasteiger partial charge in [0.25, 0.3) is 5.91 Å². The van der Waals surface area contributed by atoms with Crippen LogP contribution in [0.5, 0.6) is 11.5 Å². The zero-order valence-corrected chi connectivity index (χ0v) is 15.9. The molecule has 1 heterocycles. The maximum atomic E-state index is 14.0. The molecule has 0 bridgehead atoms. The molecule has 2 aromatic carbocycles. The van der Waals surface area contributed by atoms with Crippen LogP contribution in [0.25, 0.3) is 0 Å². The molecule has 0 unspecified atom stereocenters. The summed E-state index contributed by atoms with van der Waals surface area (Å²) >= 11 is 12.1. The van der Waals surface area contributed by atoms with Gasteiger partial charge >= 0.3 is 0 Å². The summed E-state index contributed by atoms with van der Waals surface area (Å²) in [5.74, 6) is -0.292. The van der Waals surface area contributed by atoms with E-state index in [1.165, 1.54) is 38.5 Å². The fraction of sp³-hybridized carbons (Fsp3) is 0.222. The normalized spacial score (nSPS) is 15.7. The first-order chi connectivity index (χ1) is 12.9. The number of carbonyl (C=O) groups is 1. The Kier molecular flexibility index (Phi) is 5.72. The molecule has 0 aliphatic carbocycles. The van der Waals surface area contributed by atoms with Gasteiger partial charge in [-0.3, -0.25) is 4.79 Å². The van der Waals surface area contributed by atoms with Crippen LogP contribution in [0.1, 0.15) is 12.0 Å². The van der Waals surface area contributed by atoms with Crippen LogP contribution in [-0.2, 0) is 9.63 Å². The van der Waals surface area contributed by atoms with Gasteiger partial charge in [-0.1, -0.05) is 34.4 Å². The zero-order chi connectivity index (χ0) is 19.6. The highest BCUT2D eigenvalue weighted by molar-refractivity contribution is 6.34. The maximum Gasteiger partial charge on any atom is 0.268 e. The Balaban J connectivity index is 1.76. The third kappa shape index (κ3) is 3.94. The minimum Gasteiger partial charge on any atom is -0.495 e. The second-order valence-electron chi connectivity index (χ2n) is 5.61. The molecule has 2 aromatic rings. The molecule has 1 N–H and O–H groups in total. The van der Waals surface area contributed by atoms with Gasteiger partial charge in [0.05, 0.1) is 41.2 Å². The Labute approximate surface area is 164 Å². The number of amides is 1. The van der Waals surface area contributed by atoms with Gasteiger partial charge in [-0.05, 0) is 12.1 Å². The molecular formula is C18H15Cl2FN2O4. The highest BCUT2D eigenvalue weighted by atomic mass is 35.5. The molecule has 1 aliphatic rings. The van der Waals surface area contributed by atoms with Crippen LogP contribution in [0.4, 0.5) is 10.1 Å². The van der Waals surface area contributed by atoms with Crippen LogP contribution >= 0.6 is 23.2 Å². The van der Waals surface area contributed by atoms with E-state index in [-0.39, 0.29) is 22.7 Å². The maximum absolute atomic E-state index is 14.0. The van der Waals surface area contributed by atoms with Crippen molar-refractivity contribution in [3.8, 4) is 11.5 Å². The van der Waals surface area contributed by atoms with Gasteiger partial charge in [0.15, 0.2) is 0 Å². The number of nitrogens with one attached hydrogen (secondary N) is 1. The van der Waals surface area contributed by atoms with Crippen molar-refractivity contribution < 1.29 is 23.5 Å². The lowest BCUT2D eigenvalue weighted by atomic mass is 10.0. The molecule has 0 aromatic heterocycles. The number of hydrogen-bond donors (Lipinski definition) is 1. The van der Waals surface area contributed by atoms with Crippen LogP contribution in [0, 0.1) is 5.82 Å². The number of ether oxygens (including phenoxy) is 2. The van der Waals surface area contributed by atoms with Gasteiger partial charge < -0.3 is 19.6 Å². The molecule has 1 amide bonds. The van der Waals surface area contributed by atoms with Gasteiger partial charge in [-0.15, -0.1) is 0 Å². The van der Waals surface area contributed by atoms with E-state index in [0.717, 1.165) is 0 Å². The Hall–Kier alpha value is -2.51. The van der Waals surface area contributed by atoms with E-state index in [2.05, 4.69) is 10.5 Å². The van der Waals surface area contributed by atoms with Crippen molar-refractivity contribution in [3.63, 3.8) is 0 Å². The molecule has 0 spiro atoms. The summed E-state index contributed by atoms with van der Waals surface area (Å²) in [5, 5.41) is 7.03. The van der Waals surface area contributed by atoms with E-state index in [9.17, 15) is 9.18 Å². The highest BCUT2D eigenvalue weighted by Gasteiger charge is 2.31. The molecule has 9 heteroatoms. The van der Waals surface area contributed by atoms with E-state index in [0.29, 0.717) is 22.2 Å².